The summed E-state index contributed by atoms with van der Waals surface area (Å²) < 4.78 is 0. The maximum atomic E-state index is 12.9. The Bertz CT molecular complexity index is 856. The third-order valence-corrected chi connectivity index (χ3v) is 7.75. The quantitative estimate of drug-likeness (QED) is 0.322. The van der Waals surface area contributed by atoms with E-state index in [1.807, 2.05) is 12.1 Å². The molecule has 174 valence electrons. The first kappa shape index (κ1) is 23.2. The molecular weight excluding hydrogens is 426 g/mol. The number of rotatable bonds is 9. The zero-order valence-electron chi connectivity index (χ0n) is 18.6. The number of hydrogen-bond donors (Lipinski definition) is 2. The van der Waals surface area contributed by atoms with Gasteiger partial charge >= 0.3 is 0 Å². The van der Waals surface area contributed by atoms with Crippen LogP contribution >= 0.6 is 11.8 Å². The SMILES string of the molecule is NCCCN1CCN(CCCSc2cccc3c2CN(C2CCC(=O)NC2=O)C3=O)CC1. The summed E-state index contributed by atoms with van der Waals surface area (Å²) >= 11 is 1.79. The Morgan fingerprint density at radius 3 is 2.44 bits per heavy atom. The Hall–Kier alpha value is -1.94. The van der Waals surface area contributed by atoms with Gasteiger partial charge < -0.3 is 20.4 Å². The van der Waals surface area contributed by atoms with Crippen LogP contribution in [0.2, 0.25) is 0 Å². The van der Waals surface area contributed by atoms with E-state index >= 15 is 0 Å². The summed E-state index contributed by atoms with van der Waals surface area (Å²) in [5.41, 5.74) is 7.31. The third kappa shape index (κ3) is 5.33. The second-order valence-corrected chi connectivity index (χ2v) is 9.85. The van der Waals surface area contributed by atoms with Crippen molar-refractivity contribution in [1.82, 2.24) is 20.0 Å². The van der Waals surface area contributed by atoms with Crippen LogP contribution in [0.25, 0.3) is 0 Å². The first-order chi connectivity index (χ1) is 15.6. The van der Waals surface area contributed by atoms with Gasteiger partial charge in [0.25, 0.3) is 5.91 Å². The summed E-state index contributed by atoms with van der Waals surface area (Å²) in [7, 11) is 0. The number of fused-ring (bicyclic) bond motifs is 1. The Kier molecular flexibility index (Phi) is 7.83. The predicted molar refractivity (Wildman–Crippen MR) is 124 cm³/mol. The molecule has 0 saturated carbocycles. The van der Waals surface area contributed by atoms with Crippen LogP contribution in [0.3, 0.4) is 0 Å². The van der Waals surface area contributed by atoms with Crippen LogP contribution in [0.5, 0.6) is 0 Å². The topological polar surface area (TPSA) is 99.0 Å². The van der Waals surface area contributed by atoms with Crippen molar-refractivity contribution in [3.8, 4) is 0 Å². The molecule has 9 heteroatoms. The molecule has 1 unspecified atom stereocenters. The molecule has 0 radical (unpaired) electrons. The lowest BCUT2D eigenvalue weighted by Gasteiger charge is -2.34. The van der Waals surface area contributed by atoms with Crippen molar-refractivity contribution in [3.05, 3.63) is 29.3 Å². The van der Waals surface area contributed by atoms with Gasteiger partial charge in [-0.25, -0.2) is 0 Å². The minimum Gasteiger partial charge on any atom is -0.330 e. The second-order valence-electron chi connectivity index (χ2n) is 8.71. The van der Waals surface area contributed by atoms with E-state index in [9.17, 15) is 14.4 Å². The largest absolute Gasteiger partial charge is 0.330 e. The number of amides is 3. The monoisotopic (exact) mass is 459 g/mol. The molecule has 0 aliphatic carbocycles. The van der Waals surface area contributed by atoms with Crippen LogP contribution < -0.4 is 11.1 Å². The summed E-state index contributed by atoms with van der Waals surface area (Å²) in [6, 6.07) is 5.28. The Morgan fingerprint density at radius 1 is 1.03 bits per heavy atom. The molecule has 3 heterocycles. The van der Waals surface area contributed by atoms with Crippen LogP contribution in [0.15, 0.2) is 23.1 Å². The lowest BCUT2D eigenvalue weighted by Crippen LogP contribution is -2.52. The second kappa shape index (κ2) is 10.8. The summed E-state index contributed by atoms with van der Waals surface area (Å²) in [4.78, 5) is 44.4. The molecule has 1 aromatic rings. The maximum absolute atomic E-state index is 12.9. The first-order valence-corrected chi connectivity index (χ1v) is 12.6. The van der Waals surface area contributed by atoms with Gasteiger partial charge in [0.1, 0.15) is 6.04 Å². The molecule has 1 aromatic carbocycles. The minimum atomic E-state index is -0.561. The molecule has 32 heavy (non-hydrogen) atoms. The van der Waals surface area contributed by atoms with Gasteiger partial charge in [-0.1, -0.05) is 6.07 Å². The highest BCUT2D eigenvalue weighted by Gasteiger charge is 2.39. The van der Waals surface area contributed by atoms with E-state index in [1.165, 1.54) is 0 Å². The molecule has 3 amide bonds. The molecule has 0 aromatic heterocycles. The van der Waals surface area contributed by atoms with E-state index in [4.69, 9.17) is 5.73 Å². The number of thioether (sulfide) groups is 1. The van der Waals surface area contributed by atoms with Gasteiger partial charge in [0.05, 0.1) is 0 Å². The standard InChI is InChI=1S/C23H33N5O3S/c24-8-2-9-26-11-13-27(14-12-26)10-3-15-32-20-5-1-4-17-18(20)16-28(23(17)31)19-6-7-21(29)25-22(19)30/h1,4-5,19H,2-3,6-16,24H2,(H,25,29,30). The number of benzene rings is 1. The van der Waals surface area contributed by atoms with Crippen molar-refractivity contribution in [2.24, 2.45) is 5.73 Å². The van der Waals surface area contributed by atoms with Crippen molar-refractivity contribution in [3.63, 3.8) is 0 Å². The van der Waals surface area contributed by atoms with Gasteiger partial charge in [-0.2, -0.15) is 0 Å². The summed E-state index contributed by atoms with van der Waals surface area (Å²) in [6.45, 7) is 7.87. The highest BCUT2D eigenvalue weighted by atomic mass is 32.2. The molecule has 3 N–H and O–H groups in total. The average molecular weight is 460 g/mol. The van der Waals surface area contributed by atoms with Gasteiger partial charge in [0.15, 0.2) is 0 Å². The molecule has 8 nitrogen and oxygen atoms in total. The highest BCUT2D eigenvalue weighted by molar-refractivity contribution is 7.99. The van der Waals surface area contributed by atoms with E-state index < -0.39 is 6.04 Å². The summed E-state index contributed by atoms with van der Waals surface area (Å²) in [5, 5.41) is 2.36. The van der Waals surface area contributed by atoms with Crippen LogP contribution in [-0.2, 0) is 16.1 Å². The van der Waals surface area contributed by atoms with E-state index in [0.29, 0.717) is 18.5 Å². The van der Waals surface area contributed by atoms with Crippen molar-refractivity contribution in [2.45, 2.75) is 43.2 Å². The van der Waals surface area contributed by atoms with Gasteiger partial charge in [-0.05, 0) is 62.3 Å². The zero-order valence-corrected chi connectivity index (χ0v) is 19.4. The molecule has 2 fully saturated rings. The van der Waals surface area contributed by atoms with Gasteiger partial charge in [-0.3, -0.25) is 19.7 Å². The molecule has 4 rings (SSSR count). The van der Waals surface area contributed by atoms with E-state index in [0.717, 1.165) is 74.9 Å². The molecule has 0 bridgehead atoms. The fourth-order valence-corrected chi connectivity index (χ4v) is 5.73. The number of imide groups is 1. The lowest BCUT2D eigenvalue weighted by atomic mass is 10.0. The molecule has 3 aliphatic rings. The van der Waals surface area contributed by atoms with Crippen LogP contribution in [0, 0.1) is 0 Å². The number of carbonyl (C=O) groups is 3. The maximum Gasteiger partial charge on any atom is 0.255 e. The van der Waals surface area contributed by atoms with Crippen molar-refractivity contribution in [1.29, 1.82) is 0 Å². The number of carbonyl (C=O) groups excluding carboxylic acids is 3. The van der Waals surface area contributed by atoms with Crippen molar-refractivity contribution >= 4 is 29.5 Å². The molecule has 0 spiro atoms. The average Bonchev–Trinajstić information content (AvgIpc) is 3.13. The number of piperazine rings is 1. The molecule has 3 aliphatic heterocycles. The number of hydrogen-bond acceptors (Lipinski definition) is 7. The first-order valence-electron chi connectivity index (χ1n) is 11.6. The number of nitrogens with zero attached hydrogens (tertiary/aromatic N) is 3. The van der Waals surface area contributed by atoms with Gasteiger partial charge in [0.2, 0.25) is 11.8 Å². The number of nitrogens with two attached hydrogens (primary N) is 1. The third-order valence-electron chi connectivity index (χ3n) is 6.56. The predicted octanol–water partition coefficient (Wildman–Crippen LogP) is 0.896. The van der Waals surface area contributed by atoms with Crippen molar-refractivity contribution < 1.29 is 14.4 Å². The van der Waals surface area contributed by atoms with E-state index in [2.05, 4.69) is 21.2 Å². The normalized spacial score (nSPS) is 22.3. The van der Waals surface area contributed by atoms with E-state index in [1.54, 1.807) is 16.7 Å². The molecular formula is C23H33N5O3S. The Morgan fingerprint density at radius 2 is 1.75 bits per heavy atom. The van der Waals surface area contributed by atoms with Gasteiger partial charge in [-0.15, -0.1) is 11.8 Å². The van der Waals surface area contributed by atoms with Crippen LogP contribution in [0.4, 0.5) is 0 Å². The fourth-order valence-electron chi connectivity index (χ4n) is 4.71. The molecule has 1 atom stereocenters. The summed E-state index contributed by atoms with van der Waals surface area (Å²) in [6.07, 6.45) is 2.84. The van der Waals surface area contributed by atoms with Gasteiger partial charge in [0, 0.05) is 49.6 Å². The summed E-state index contributed by atoms with van der Waals surface area (Å²) in [5.74, 6) is 0.268. The minimum absolute atomic E-state index is 0.107. The highest BCUT2D eigenvalue weighted by Crippen LogP contribution is 2.34. The van der Waals surface area contributed by atoms with Crippen LogP contribution in [0.1, 0.15) is 41.6 Å². The van der Waals surface area contributed by atoms with Crippen molar-refractivity contribution in [2.75, 3.05) is 51.6 Å². The molecule has 2 saturated heterocycles. The van der Waals surface area contributed by atoms with E-state index in [-0.39, 0.29) is 24.1 Å². The fraction of sp³-hybridized carbons (Fsp3) is 0.609. The Labute approximate surface area is 193 Å². The number of nitrogens with one attached hydrogen (secondary N) is 1. The number of piperidine rings is 1. The lowest BCUT2D eigenvalue weighted by molar-refractivity contribution is -0.136. The zero-order chi connectivity index (χ0) is 22.5. The smallest absolute Gasteiger partial charge is 0.255 e. The Balaban J connectivity index is 1.26. The van der Waals surface area contributed by atoms with Crippen LogP contribution in [-0.4, -0.2) is 90.0 Å².